The maximum absolute atomic E-state index is 5.63. The summed E-state index contributed by atoms with van der Waals surface area (Å²) in [5, 5.41) is 0. The first kappa shape index (κ1) is 16.5. The van der Waals surface area contributed by atoms with Crippen molar-refractivity contribution in [2.45, 2.75) is 34.1 Å². The van der Waals surface area contributed by atoms with Crippen molar-refractivity contribution in [2.24, 2.45) is 17.6 Å². The minimum atomic E-state index is 0.668. The molecule has 2 N–H and O–H groups in total. The maximum atomic E-state index is 5.63. The van der Waals surface area contributed by atoms with Crippen LogP contribution in [0.4, 0.5) is 5.69 Å². The van der Waals surface area contributed by atoms with E-state index in [0.717, 1.165) is 19.5 Å². The van der Waals surface area contributed by atoms with Crippen molar-refractivity contribution in [1.82, 2.24) is 0 Å². The third-order valence-electron chi connectivity index (χ3n) is 2.99. The molecule has 0 saturated heterocycles. The summed E-state index contributed by atoms with van der Waals surface area (Å²) in [5.41, 5.74) is 8.22. The van der Waals surface area contributed by atoms with Crippen LogP contribution < -0.4 is 10.6 Å². The summed E-state index contributed by atoms with van der Waals surface area (Å²) in [4.78, 5) is 2.48. The Labute approximate surface area is 126 Å². The zero-order valence-corrected chi connectivity index (χ0v) is 14.2. The van der Waals surface area contributed by atoms with Gasteiger partial charge >= 0.3 is 0 Å². The molecule has 0 aliphatic carbocycles. The summed E-state index contributed by atoms with van der Waals surface area (Å²) in [6.07, 6.45) is 0.926. The van der Waals surface area contributed by atoms with Gasteiger partial charge in [-0.15, -0.1) is 0 Å². The van der Waals surface area contributed by atoms with Gasteiger partial charge in [0.05, 0.1) is 0 Å². The lowest BCUT2D eigenvalue weighted by Crippen LogP contribution is -2.31. The van der Waals surface area contributed by atoms with Gasteiger partial charge < -0.3 is 10.6 Å². The molecule has 1 aromatic rings. The Balaban J connectivity index is 2.92. The molecular weight excluding hydrogens is 300 g/mol. The molecule has 0 aliphatic rings. The summed E-state index contributed by atoms with van der Waals surface area (Å²) in [7, 11) is 0. The highest BCUT2D eigenvalue weighted by Crippen LogP contribution is 2.25. The summed E-state index contributed by atoms with van der Waals surface area (Å²) in [6, 6.07) is 6.65. The standard InChI is InChI=1S/C16H27BrN2/c1-12(2)10-19(11-13(3)4)15-6-5-14(7-8-18)16(17)9-15/h5-6,9,12-13H,7-8,10-11,18H2,1-4H3. The van der Waals surface area contributed by atoms with E-state index in [1.165, 1.54) is 15.7 Å². The summed E-state index contributed by atoms with van der Waals surface area (Å²) >= 11 is 3.67. The van der Waals surface area contributed by atoms with Crippen molar-refractivity contribution in [3.05, 3.63) is 28.2 Å². The Kier molecular flexibility index (Phi) is 6.87. The fourth-order valence-electron chi connectivity index (χ4n) is 2.26. The number of nitrogens with zero attached hydrogens (tertiary/aromatic N) is 1. The van der Waals surface area contributed by atoms with Crippen LogP contribution in [-0.4, -0.2) is 19.6 Å². The first-order valence-electron chi connectivity index (χ1n) is 7.17. The Morgan fingerprint density at radius 1 is 1.11 bits per heavy atom. The van der Waals surface area contributed by atoms with Gasteiger partial charge in [-0.3, -0.25) is 0 Å². The van der Waals surface area contributed by atoms with E-state index in [4.69, 9.17) is 5.73 Å². The molecule has 2 nitrogen and oxygen atoms in total. The highest BCUT2D eigenvalue weighted by Gasteiger charge is 2.12. The highest BCUT2D eigenvalue weighted by molar-refractivity contribution is 9.10. The Bertz CT molecular complexity index is 378. The van der Waals surface area contributed by atoms with Crippen LogP contribution >= 0.6 is 15.9 Å². The molecule has 0 saturated carbocycles. The monoisotopic (exact) mass is 326 g/mol. The molecule has 0 unspecified atom stereocenters. The summed E-state index contributed by atoms with van der Waals surface area (Å²) < 4.78 is 1.17. The average Bonchev–Trinajstić information content (AvgIpc) is 2.30. The van der Waals surface area contributed by atoms with Gasteiger partial charge in [0.25, 0.3) is 0 Å². The minimum Gasteiger partial charge on any atom is -0.371 e. The van der Waals surface area contributed by atoms with Crippen LogP contribution in [0.5, 0.6) is 0 Å². The van der Waals surface area contributed by atoms with Crippen molar-refractivity contribution in [3.8, 4) is 0 Å². The first-order chi connectivity index (χ1) is 8.93. The quantitative estimate of drug-likeness (QED) is 0.818. The van der Waals surface area contributed by atoms with Crippen LogP contribution in [0.3, 0.4) is 0 Å². The van der Waals surface area contributed by atoms with Gasteiger partial charge in [0.1, 0.15) is 0 Å². The number of hydrogen-bond donors (Lipinski definition) is 1. The minimum absolute atomic E-state index is 0.668. The van der Waals surface area contributed by atoms with Crippen molar-refractivity contribution >= 4 is 21.6 Å². The predicted octanol–water partition coefficient (Wildman–Crippen LogP) is 4.07. The van der Waals surface area contributed by atoms with Crippen molar-refractivity contribution in [3.63, 3.8) is 0 Å². The van der Waals surface area contributed by atoms with E-state index >= 15 is 0 Å². The molecule has 0 spiro atoms. The van der Waals surface area contributed by atoms with E-state index < -0.39 is 0 Å². The van der Waals surface area contributed by atoms with E-state index in [1.54, 1.807) is 0 Å². The number of hydrogen-bond acceptors (Lipinski definition) is 2. The largest absolute Gasteiger partial charge is 0.371 e. The molecule has 0 bridgehead atoms. The second kappa shape index (κ2) is 7.91. The van der Waals surface area contributed by atoms with Gasteiger partial charge in [-0.2, -0.15) is 0 Å². The lowest BCUT2D eigenvalue weighted by Gasteiger charge is -2.29. The molecule has 0 atom stereocenters. The third kappa shape index (κ3) is 5.53. The van der Waals surface area contributed by atoms with Crippen LogP contribution in [0.15, 0.2) is 22.7 Å². The average molecular weight is 327 g/mol. The summed E-state index contributed by atoms with van der Waals surface area (Å²) in [6.45, 7) is 12.0. The topological polar surface area (TPSA) is 29.3 Å². The van der Waals surface area contributed by atoms with Gasteiger partial charge in [0.15, 0.2) is 0 Å². The molecule has 19 heavy (non-hydrogen) atoms. The first-order valence-corrected chi connectivity index (χ1v) is 7.96. The van der Waals surface area contributed by atoms with Crippen LogP contribution in [-0.2, 0) is 6.42 Å². The van der Waals surface area contributed by atoms with E-state index in [1.807, 2.05) is 0 Å². The molecule has 1 rings (SSSR count). The number of nitrogens with two attached hydrogens (primary N) is 1. The lowest BCUT2D eigenvalue weighted by molar-refractivity contribution is 0.552. The van der Waals surface area contributed by atoms with Crippen LogP contribution in [0.25, 0.3) is 0 Å². The highest BCUT2D eigenvalue weighted by atomic mass is 79.9. The molecule has 1 aromatic carbocycles. The number of anilines is 1. The second-order valence-electron chi connectivity index (χ2n) is 6.01. The Morgan fingerprint density at radius 3 is 2.11 bits per heavy atom. The van der Waals surface area contributed by atoms with E-state index in [9.17, 15) is 0 Å². The van der Waals surface area contributed by atoms with Gasteiger partial charge in [-0.05, 0) is 42.5 Å². The molecule has 0 heterocycles. The smallest absolute Gasteiger partial charge is 0.0377 e. The normalized spacial score (nSPS) is 11.4. The number of halogens is 1. The van der Waals surface area contributed by atoms with E-state index in [2.05, 4.69) is 66.7 Å². The van der Waals surface area contributed by atoms with Gasteiger partial charge in [0.2, 0.25) is 0 Å². The SMILES string of the molecule is CC(C)CN(CC(C)C)c1ccc(CCN)c(Br)c1. The molecule has 0 radical (unpaired) electrons. The van der Waals surface area contributed by atoms with E-state index in [0.29, 0.717) is 18.4 Å². The lowest BCUT2D eigenvalue weighted by atomic mass is 10.1. The molecule has 108 valence electrons. The van der Waals surface area contributed by atoms with Crippen LogP contribution in [0, 0.1) is 11.8 Å². The van der Waals surface area contributed by atoms with Crippen LogP contribution in [0.1, 0.15) is 33.3 Å². The molecule has 0 amide bonds. The van der Waals surface area contributed by atoms with E-state index in [-0.39, 0.29) is 0 Å². The van der Waals surface area contributed by atoms with Crippen molar-refractivity contribution < 1.29 is 0 Å². The number of rotatable bonds is 7. The van der Waals surface area contributed by atoms with Gasteiger partial charge in [-0.25, -0.2) is 0 Å². The molecule has 0 aromatic heterocycles. The zero-order chi connectivity index (χ0) is 14.4. The fourth-order valence-corrected chi connectivity index (χ4v) is 2.82. The van der Waals surface area contributed by atoms with Gasteiger partial charge in [0, 0.05) is 23.2 Å². The maximum Gasteiger partial charge on any atom is 0.0377 e. The van der Waals surface area contributed by atoms with Crippen LogP contribution in [0.2, 0.25) is 0 Å². The Morgan fingerprint density at radius 2 is 1.68 bits per heavy atom. The molecule has 0 fully saturated rings. The molecule has 3 heteroatoms. The molecule has 0 aliphatic heterocycles. The Hall–Kier alpha value is -0.540. The van der Waals surface area contributed by atoms with Crippen molar-refractivity contribution in [1.29, 1.82) is 0 Å². The predicted molar refractivity (Wildman–Crippen MR) is 88.8 cm³/mol. The third-order valence-corrected chi connectivity index (χ3v) is 3.72. The van der Waals surface area contributed by atoms with Crippen molar-refractivity contribution in [2.75, 3.05) is 24.5 Å². The summed E-state index contributed by atoms with van der Waals surface area (Å²) in [5.74, 6) is 1.34. The number of benzene rings is 1. The molecular formula is C16H27BrN2. The zero-order valence-electron chi connectivity index (χ0n) is 12.6. The second-order valence-corrected chi connectivity index (χ2v) is 6.86. The van der Waals surface area contributed by atoms with Gasteiger partial charge in [-0.1, -0.05) is 49.7 Å². The fraction of sp³-hybridized carbons (Fsp3) is 0.625.